The van der Waals surface area contributed by atoms with Gasteiger partial charge in [0.25, 0.3) is 0 Å². The number of carbonyl (C=O) groups is 3. The molecule has 3 heterocycles. The molecule has 3 aliphatic heterocycles. The van der Waals surface area contributed by atoms with Crippen LogP contribution in [0.1, 0.15) is 31.4 Å². The molecule has 2 aromatic rings. The molecule has 2 N–H and O–H groups in total. The van der Waals surface area contributed by atoms with E-state index in [0.717, 1.165) is 11.1 Å². The number of amides is 3. The predicted molar refractivity (Wildman–Crippen MR) is 130 cm³/mol. The standard InChI is InChI=1S/C27H31N3O5/c1-15(2)13-19-22-23(27(29-19)17-7-5-6-8-18(17)28-26(27)33)25(32)30(24(22)31)12-11-16-9-10-20(34-3)21(14-16)35-4/h5-10,14-15,19,22-23,29H,11-13H2,1-4H3,(H,28,33)/t19-,22+,23-,27+/m0/s1. The van der Waals surface area contributed by atoms with Gasteiger partial charge in [-0.25, -0.2) is 0 Å². The highest BCUT2D eigenvalue weighted by Crippen LogP contribution is 2.53. The molecule has 2 aromatic carbocycles. The molecule has 5 rings (SSSR count). The summed E-state index contributed by atoms with van der Waals surface area (Å²) in [7, 11) is 3.15. The molecule has 8 nitrogen and oxygen atoms in total. The van der Waals surface area contributed by atoms with Gasteiger partial charge in [0, 0.05) is 23.8 Å². The van der Waals surface area contributed by atoms with E-state index in [1.54, 1.807) is 14.2 Å². The quantitative estimate of drug-likeness (QED) is 0.596. The Labute approximate surface area is 205 Å². The molecular formula is C27H31N3O5. The smallest absolute Gasteiger partial charge is 0.250 e. The van der Waals surface area contributed by atoms with Gasteiger partial charge in [-0.05, 0) is 42.5 Å². The van der Waals surface area contributed by atoms with Gasteiger partial charge in [0.15, 0.2) is 11.5 Å². The first kappa shape index (κ1) is 23.4. The van der Waals surface area contributed by atoms with E-state index in [2.05, 4.69) is 24.5 Å². The van der Waals surface area contributed by atoms with Crippen molar-refractivity contribution >= 4 is 23.4 Å². The zero-order valence-corrected chi connectivity index (χ0v) is 20.5. The molecule has 2 fully saturated rings. The summed E-state index contributed by atoms with van der Waals surface area (Å²) in [5.74, 6) is -0.580. The number of methoxy groups -OCH3 is 2. The average Bonchev–Trinajstić information content (AvgIpc) is 3.41. The summed E-state index contributed by atoms with van der Waals surface area (Å²) in [6.45, 7) is 4.41. The van der Waals surface area contributed by atoms with Gasteiger partial charge < -0.3 is 14.8 Å². The van der Waals surface area contributed by atoms with Gasteiger partial charge in [0.2, 0.25) is 17.7 Å². The predicted octanol–water partition coefficient (Wildman–Crippen LogP) is 2.71. The molecule has 0 saturated carbocycles. The van der Waals surface area contributed by atoms with Gasteiger partial charge in [-0.15, -0.1) is 0 Å². The summed E-state index contributed by atoms with van der Waals surface area (Å²) in [5, 5.41) is 6.42. The number of fused-ring (bicyclic) bond motifs is 4. The lowest BCUT2D eigenvalue weighted by Gasteiger charge is -2.30. The highest BCUT2D eigenvalue weighted by Gasteiger charge is 2.70. The first-order valence-corrected chi connectivity index (χ1v) is 12.1. The number of imide groups is 1. The Hall–Kier alpha value is -3.39. The Bertz CT molecular complexity index is 1200. The van der Waals surface area contributed by atoms with Crippen molar-refractivity contribution in [3.05, 3.63) is 53.6 Å². The first-order valence-electron chi connectivity index (χ1n) is 12.1. The summed E-state index contributed by atoms with van der Waals surface area (Å²) < 4.78 is 10.7. The molecule has 0 bridgehead atoms. The normalized spacial score (nSPS) is 26.9. The fourth-order valence-electron chi connectivity index (χ4n) is 6.03. The van der Waals surface area contributed by atoms with E-state index in [1.807, 2.05) is 42.5 Å². The number of anilines is 1. The van der Waals surface area contributed by atoms with E-state index in [9.17, 15) is 14.4 Å². The molecule has 2 saturated heterocycles. The molecule has 0 radical (unpaired) electrons. The maximum Gasteiger partial charge on any atom is 0.250 e. The van der Waals surface area contributed by atoms with Crippen molar-refractivity contribution in [2.24, 2.45) is 17.8 Å². The summed E-state index contributed by atoms with van der Waals surface area (Å²) >= 11 is 0. The third-order valence-electron chi connectivity index (χ3n) is 7.51. The molecule has 3 amide bonds. The van der Waals surface area contributed by atoms with Crippen LogP contribution in [0.5, 0.6) is 11.5 Å². The van der Waals surface area contributed by atoms with Gasteiger partial charge in [-0.3, -0.25) is 24.6 Å². The first-order chi connectivity index (χ1) is 16.8. The van der Waals surface area contributed by atoms with Crippen molar-refractivity contribution < 1.29 is 23.9 Å². The van der Waals surface area contributed by atoms with Crippen molar-refractivity contribution in [2.45, 2.75) is 38.3 Å². The zero-order valence-electron chi connectivity index (χ0n) is 20.5. The highest BCUT2D eigenvalue weighted by atomic mass is 16.5. The van der Waals surface area contributed by atoms with E-state index in [0.29, 0.717) is 35.9 Å². The number of para-hydroxylation sites is 1. The largest absolute Gasteiger partial charge is 0.493 e. The van der Waals surface area contributed by atoms with Gasteiger partial charge in [0.1, 0.15) is 5.54 Å². The Morgan fingerprint density at radius 1 is 1.00 bits per heavy atom. The minimum absolute atomic E-state index is 0.201. The topological polar surface area (TPSA) is 97.0 Å². The van der Waals surface area contributed by atoms with Crippen LogP contribution < -0.4 is 20.1 Å². The van der Waals surface area contributed by atoms with E-state index in [1.165, 1.54) is 4.90 Å². The average molecular weight is 478 g/mol. The van der Waals surface area contributed by atoms with E-state index in [4.69, 9.17) is 9.47 Å². The number of benzene rings is 2. The maximum atomic E-state index is 13.8. The van der Waals surface area contributed by atoms with E-state index >= 15 is 0 Å². The molecule has 184 valence electrons. The lowest BCUT2D eigenvalue weighted by Crippen LogP contribution is -2.53. The van der Waals surface area contributed by atoms with Gasteiger partial charge in [-0.2, -0.15) is 0 Å². The van der Waals surface area contributed by atoms with Gasteiger partial charge >= 0.3 is 0 Å². The summed E-state index contributed by atoms with van der Waals surface area (Å²) in [6, 6.07) is 12.7. The Balaban J connectivity index is 1.47. The number of nitrogens with one attached hydrogen (secondary N) is 2. The molecule has 0 unspecified atom stereocenters. The summed E-state index contributed by atoms with van der Waals surface area (Å²) in [5.41, 5.74) is 1.13. The second-order valence-corrected chi connectivity index (χ2v) is 9.96. The molecule has 0 aromatic heterocycles. The van der Waals surface area contributed by atoms with Crippen LogP contribution in [-0.4, -0.2) is 49.4 Å². The van der Waals surface area contributed by atoms with Crippen molar-refractivity contribution in [1.29, 1.82) is 0 Å². The van der Waals surface area contributed by atoms with Crippen molar-refractivity contribution in [2.75, 3.05) is 26.1 Å². The van der Waals surface area contributed by atoms with Crippen LogP contribution in [0, 0.1) is 17.8 Å². The lowest BCUT2D eigenvalue weighted by atomic mass is 9.76. The SMILES string of the molecule is COc1ccc(CCN2C(=O)[C@@H]3[C@H](CC(C)C)N[C@@]4(C(=O)Nc5ccccc54)[C@@H]3C2=O)cc1OC. The number of ether oxygens (including phenoxy) is 2. The molecule has 35 heavy (non-hydrogen) atoms. The van der Waals surface area contributed by atoms with Crippen molar-refractivity contribution in [3.8, 4) is 11.5 Å². The second-order valence-electron chi connectivity index (χ2n) is 9.96. The van der Waals surface area contributed by atoms with Crippen LogP contribution in [0.3, 0.4) is 0 Å². The second kappa shape index (κ2) is 8.68. The van der Waals surface area contributed by atoms with Crippen LogP contribution in [0.15, 0.2) is 42.5 Å². The van der Waals surface area contributed by atoms with Crippen LogP contribution >= 0.6 is 0 Å². The number of likely N-dealkylation sites (tertiary alicyclic amines) is 1. The van der Waals surface area contributed by atoms with E-state index < -0.39 is 17.4 Å². The summed E-state index contributed by atoms with van der Waals surface area (Å²) in [6.07, 6.45) is 1.18. The third kappa shape index (κ3) is 3.50. The van der Waals surface area contributed by atoms with Crippen LogP contribution in [-0.2, 0) is 26.3 Å². The molecule has 1 spiro atoms. The lowest BCUT2D eigenvalue weighted by molar-refractivity contribution is -0.142. The van der Waals surface area contributed by atoms with Crippen molar-refractivity contribution in [3.63, 3.8) is 0 Å². The number of hydrogen-bond donors (Lipinski definition) is 2. The maximum absolute atomic E-state index is 13.8. The molecule has 4 atom stereocenters. The molecular weight excluding hydrogens is 446 g/mol. The number of nitrogens with zero attached hydrogens (tertiary/aromatic N) is 1. The molecule has 0 aliphatic carbocycles. The number of carbonyl (C=O) groups excluding carboxylic acids is 3. The Morgan fingerprint density at radius 3 is 2.46 bits per heavy atom. The monoisotopic (exact) mass is 477 g/mol. The van der Waals surface area contributed by atoms with E-state index in [-0.39, 0.29) is 30.3 Å². The fourth-order valence-corrected chi connectivity index (χ4v) is 6.03. The van der Waals surface area contributed by atoms with Crippen molar-refractivity contribution in [1.82, 2.24) is 10.2 Å². The molecule has 3 aliphatic rings. The fraction of sp³-hybridized carbons (Fsp3) is 0.444. The van der Waals surface area contributed by atoms with Gasteiger partial charge in [-0.1, -0.05) is 38.1 Å². The minimum atomic E-state index is -1.23. The summed E-state index contributed by atoms with van der Waals surface area (Å²) in [4.78, 5) is 42.3. The van der Waals surface area contributed by atoms with Crippen LogP contribution in [0.2, 0.25) is 0 Å². The zero-order chi connectivity index (χ0) is 24.9. The number of rotatable bonds is 7. The van der Waals surface area contributed by atoms with Gasteiger partial charge in [0.05, 0.1) is 26.1 Å². The minimum Gasteiger partial charge on any atom is -0.493 e. The third-order valence-corrected chi connectivity index (χ3v) is 7.51. The van der Waals surface area contributed by atoms with Crippen LogP contribution in [0.4, 0.5) is 5.69 Å². The Morgan fingerprint density at radius 2 is 1.74 bits per heavy atom. The highest BCUT2D eigenvalue weighted by molar-refractivity contribution is 6.15. The molecule has 8 heteroatoms. The number of hydrogen-bond acceptors (Lipinski definition) is 6. The Kier molecular flexibility index (Phi) is 5.79. The van der Waals surface area contributed by atoms with Crippen LogP contribution in [0.25, 0.3) is 0 Å².